The summed E-state index contributed by atoms with van der Waals surface area (Å²) in [6.45, 7) is 0. The number of hydrogen-bond donors (Lipinski definition) is 0. The van der Waals surface area contributed by atoms with Crippen molar-refractivity contribution in [2.45, 2.75) is 0 Å². The average molecular weight is 819 g/mol. The van der Waals surface area contributed by atoms with Gasteiger partial charge in [0.1, 0.15) is 11.5 Å². The fourth-order valence-corrected chi connectivity index (χ4v) is 10.2. The van der Waals surface area contributed by atoms with E-state index in [2.05, 4.69) is 218 Å². The van der Waals surface area contributed by atoms with E-state index in [9.17, 15) is 0 Å². The second-order valence-electron chi connectivity index (χ2n) is 16.7. The van der Waals surface area contributed by atoms with Crippen LogP contribution in [0.4, 0.5) is 0 Å². The second-order valence-corrected chi connectivity index (χ2v) is 16.7. The Labute approximate surface area is 372 Å². The Hall–Kier alpha value is -8.20. The molecule has 0 unspecified atom stereocenters. The van der Waals surface area contributed by atoms with Gasteiger partial charge in [-0.3, -0.25) is 0 Å². The Kier molecular flexibility index (Phi) is 8.98. The molecule has 0 spiro atoms. The summed E-state index contributed by atoms with van der Waals surface area (Å²) in [6, 6.07) is 80.2. The highest BCUT2D eigenvalue weighted by molar-refractivity contribution is 6.29. The van der Waals surface area contributed by atoms with Crippen molar-refractivity contribution in [2.75, 3.05) is 14.2 Å². The Morgan fingerprint density at radius 1 is 0.219 bits per heavy atom. The van der Waals surface area contributed by atoms with Gasteiger partial charge in [0.25, 0.3) is 0 Å². The molecule has 2 heteroatoms. The molecule has 0 fully saturated rings. The molecule has 0 aliphatic heterocycles. The lowest BCUT2D eigenvalue weighted by atomic mass is 9.80. The topological polar surface area (TPSA) is 18.5 Å². The third-order valence-electron chi connectivity index (χ3n) is 13.2. The standard InChI is InChI=1S/C62H42O2/c1-63-49-30-28-42-33-47(26-24-44(42)35-49)59-53-22-11-12-23-54(53)60(48-27-25-45-36-50(64-2)31-29-43(45)34-48)58-38-56-55(37-57(58)59)51-20-9-10-21-52(51)62(61(56)40-16-7-4-8-17-40)46-19-13-18-41(32-46)39-14-5-3-6-15-39/h3-38H,1-2H3. The molecular formula is C62H42O2. The SMILES string of the molecule is COc1ccc2cc(-c3c4ccccc4c(-c4ccc5cc(OC)ccc5c4)c4cc5c(cc34)c(-c3ccccc3)c(-c3cccc(-c4ccccc4)c3)c3ccccc35)ccc2c1. The predicted molar refractivity (Wildman–Crippen MR) is 272 cm³/mol. The molecule has 0 amide bonds. The van der Waals surface area contributed by atoms with Crippen molar-refractivity contribution >= 4 is 64.6 Å². The summed E-state index contributed by atoms with van der Waals surface area (Å²) in [5, 5.41) is 14.4. The molecule has 0 radical (unpaired) electrons. The highest BCUT2D eigenvalue weighted by atomic mass is 16.5. The Bertz CT molecular complexity index is 3790. The smallest absolute Gasteiger partial charge is 0.119 e. The first-order chi connectivity index (χ1) is 31.6. The van der Waals surface area contributed by atoms with Crippen molar-refractivity contribution in [3.63, 3.8) is 0 Å². The lowest BCUT2D eigenvalue weighted by Crippen LogP contribution is -1.95. The quantitative estimate of drug-likeness (QED) is 0.118. The van der Waals surface area contributed by atoms with Gasteiger partial charge >= 0.3 is 0 Å². The highest BCUT2D eigenvalue weighted by Gasteiger charge is 2.23. The van der Waals surface area contributed by atoms with E-state index in [4.69, 9.17) is 9.47 Å². The van der Waals surface area contributed by atoms with Gasteiger partial charge in [0.15, 0.2) is 0 Å². The van der Waals surface area contributed by atoms with Gasteiger partial charge < -0.3 is 9.47 Å². The molecule has 0 bridgehead atoms. The fourth-order valence-electron chi connectivity index (χ4n) is 10.2. The maximum absolute atomic E-state index is 5.63. The molecule has 0 heterocycles. The summed E-state index contributed by atoms with van der Waals surface area (Å²) in [5.74, 6) is 1.71. The molecule has 12 aromatic rings. The zero-order valence-electron chi connectivity index (χ0n) is 35.6. The minimum atomic E-state index is 0.853. The summed E-state index contributed by atoms with van der Waals surface area (Å²) >= 11 is 0. The second kappa shape index (κ2) is 15.3. The van der Waals surface area contributed by atoms with E-state index in [1.165, 1.54) is 109 Å². The largest absolute Gasteiger partial charge is 0.497 e. The first kappa shape index (κ1) is 37.6. The van der Waals surface area contributed by atoms with E-state index in [1.54, 1.807) is 14.2 Å². The number of methoxy groups -OCH3 is 2. The first-order valence-electron chi connectivity index (χ1n) is 21.9. The molecular weight excluding hydrogens is 777 g/mol. The molecule has 0 saturated carbocycles. The normalized spacial score (nSPS) is 11.6. The molecule has 0 aliphatic rings. The van der Waals surface area contributed by atoms with Crippen molar-refractivity contribution in [2.24, 2.45) is 0 Å². The summed E-state index contributed by atoms with van der Waals surface area (Å²) < 4.78 is 11.2. The van der Waals surface area contributed by atoms with Crippen molar-refractivity contribution in [1.29, 1.82) is 0 Å². The molecule has 12 aromatic carbocycles. The number of benzene rings is 12. The van der Waals surface area contributed by atoms with Crippen molar-refractivity contribution in [3.8, 4) is 67.1 Å². The van der Waals surface area contributed by atoms with Crippen molar-refractivity contribution in [3.05, 3.63) is 218 Å². The Balaban J connectivity index is 1.26. The minimum absolute atomic E-state index is 0.853. The molecule has 0 aromatic heterocycles. The van der Waals surface area contributed by atoms with Gasteiger partial charge in [0.2, 0.25) is 0 Å². The van der Waals surface area contributed by atoms with Gasteiger partial charge in [-0.2, -0.15) is 0 Å². The predicted octanol–water partition coefficient (Wildman–Crippen LogP) is 17.0. The van der Waals surface area contributed by atoms with E-state index < -0.39 is 0 Å². The van der Waals surface area contributed by atoms with E-state index in [0.29, 0.717) is 0 Å². The van der Waals surface area contributed by atoms with Gasteiger partial charge in [-0.25, -0.2) is 0 Å². The Morgan fingerprint density at radius 2 is 0.609 bits per heavy atom. The van der Waals surface area contributed by atoms with E-state index >= 15 is 0 Å². The molecule has 0 saturated heterocycles. The van der Waals surface area contributed by atoms with Crippen LogP contribution in [-0.2, 0) is 0 Å². The van der Waals surface area contributed by atoms with Crippen LogP contribution >= 0.6 is 0 Å². The van der Waals surface area contributed by atoms with Gasteiger partial charge in [-0.05, 0) is 175 Å². The zero-order chi connectivity index (χ0) is 42.7. The van der Waals surface area contributed by atoms with Crippen LogP contribution in [0.3, 0.4) is 0 Å². The number of rotatable bonds is 7. The number of hydrogen-bond acceptors (Lipinski definition) is 2. The molecule has 2 nitrogen and oxygen atoms in total. The van der Waals surface area contributed by atoms with Gasteiger partial charge in [0.05, 0.1) is 14.2 Å². The van der Waals surface area contributed by atoms with E-state index in [-0.39, 0.29) is 0 Å². The fraction of sp³-hybridized carbons (Fsp3) is 0.0323. The van der Waals surface area contributed by atoms with Crippen LogP contribution in [0.15, 0.2) is 218 Å². The summed E-state index contributed by atoms with van der Waals surface area (Å²) in [5.41, 5.74) is 12.0. The van der Waals surface area contributed by atoms with Gasteiger partial charge in [0, 0.05) is 0 Å². The third-order valence-corrected chi connectivity index (χ3v) is 13.2. The molecule has 0 aliphatic carbocycles. The molecule has 302 valence electrons. The highest BCUT2D eigenvalue weighted by Crippen LogP contribution is 2.51. The van der Waals surface area contributed by atoms with Crippen LogP contribution in [-0.4, -0.2) is 14.2 Å². The van der Waals surface area contributed by atoms with E-state index in [1.807, 2.05) is 0 Å². The average Bonchev–Trinajstić information content (AvgIpc) is 3.37. The molecule has 64 heavy (non-hydrogen) atoms. The monoisotopic (exact) mass is 818 g/mol. The van der Waals surface area contributed by atoms with Crippen LogP contribution in [0, 0.1) is 0 Å². The van der Waals surface area contributed by atoms with Gasteiger partial charge in [-0.1, -0.05) is 164 Å². The lowest BCUT2D eigenvalue weighted by molar-refractivity contribution is 0.415. The summed E-state index contributed by atoms with van der Waals surface area (Å²) in [4.78, 5) is 0. The summed E-state index contributed by atoms with van der Waals surface area (Å²) in [7, 11) is 3.45. The van der Waals surface area contributed by atoms with Crippen LogP contribution in [0.2, 0.25) is 0 Å². The number of fused-ring (bicyclic) bond motifs is 7. The van der Waals surface area contributed by atoms with Crippen LogP contribution in [0.1, 0.15) is 0 Å². The maximum atomic E-state index is 5.63. The lowest BCUT2D eigenvalue weighted by Gasteiger charge is -2.23. The zero-order valence-corrected chi connectivity index (χ0v) is 35.6. The number of ether oxygens (including phenoxy) is 2. The maximum Gasteiger partial charge on any atom is 0.119 e. The van der Waals surface area contributed by atoms with E-state index in [0.717, 1.165) is 22.3 Å². The minimum Gasteiger partial charge on any atom is -0.497 e. The first-order valence-corrected chi connectivity index (χ1v) is 21.9. The Morgan fingerprint density at radius 3 is 1.17 bits per heavy atom. The molecule has 0 N–H and O–H groups in total. The van der Waals surface area contributed by atoms with Crippen molar-refractivity contribution in [1.82, 2.24) is 0 Å². The molecule has 12 rings (SSSR count). The van der Waals surface area contributed by atoms with Crippen LogP contribution in [0.5, 0.6) is 11.5 Å². The summed E-state index contributed by atoms with van der Waals surface area (Å²) in [6.07, 6.45) is 0. The van der Waals surface area contributed by atoms with Crippen LogP contribution < -0.4 is 9.47 Å². The van der Waals surface area contributed by atoms with Gasteiger partial charge in [-0.15, -0.1) is 0 Å². The molecule has 0 atom stereocenters. The third kappa shape index (κ3) is 6.18. The van der Waals surface area contributed by atoms with Crippen LogP contribution in [0.25, 0.3) is 120 Å². The van der Waals surface area contributed by atoms with Crippen molar-refractivity contribution < 1.29 is 9.47 Å².